The molecule has 1 saturated carbocycles. The predicted molar refractivity (Wildman–Crippen MR) is 137 cm³/mol. The van der Waals surface area contributed by atoms with Gasteiger partial charge in [-0.2, -0.15) is 0 Å². The van der Waals surface area contributed by atoms with Crippen LogP contribution in [0.3, 0.4) is 0 Å². The van der Waals surface area contributed by atoms with E-state index < -0.39 is 6.36 Å². The first-order valence-corrected chi connectivity index (χ1v) is 12.5. The fourth-order valence-corrected chi connectivity index (χ4v) is 5.72. The minimum atomic E-state index is -4.74. The lowest BCUT2D eigenvalue weighted by Crippen LogP contribution is -2.29. The molecule has 0 saturated heterocycles. The first kappa shape index (κ1) is 26.8. The zero-order valence-corrected chi connectivity index (χ0v) is 21.9. The van der Waals surface area contributed by atoms with Gasteiger partial charge >= 0.3 is 12.3 Å². The number of carbonyl (C=O) groups is 1. The molecule has 1 heterocycles. The SMILES string of the molecule is COC(=O)CCc1cc2nc(Nc3ccc(OC(F)(F)F)cc3)n([C@H]3C[C@@H](C)CC(C)(C)C3)c2cc1C. The van der Waals surface area contributed by atoms with E-state index in [1.807, 2.05) is 13.0 Å². The van der Waals surface area contributed by atoms with Crippen LogP contribution in [0.2, 0.25) is 0 Å². The molecule has 0 aliphatic heterocycles. The number of imidazole rings is 1. The maximum absolute atomic E-state index is 12.6. The standard InChI is InChI=1S/C28H34F3N3O3/c1-17-12-21(16-27(3,4)15-17)34-24-13-18(2)19(6-11-25(35)36-5)14-23(24)33-26(34)32-20-7-9-22(10-8-20)37-28(29,30)31/h7-10,13-14,17,21H,6,11-12,15-16H2,1-5H3,(H,32,33)/t17-,21+/m1/s1. The topological polar surface area (TPSA) is 65.4 Å². The maximum atomic E-state index is 12.6. The Bertz CT molecular complexity index is 1270. The Morgan fingerprint density at radius 3 is 2.51 bits per heavy atom. The molecule has 2 aromatic carbocycles. The van der Waals surface area contributed by atoms with Gasteiger partial charge in [-0.3, -0.25) is 4.79 Å². The lowest BCUT2D eigenvalue weighted by atomic mass is 9.70. The van der Waals surface area contributed by atoms with Crippen molar-refractivity contribution in [2.45, 2.75) is 72.2 Å². The third-order valence-electron chi connectivity index (χ3n) is 7.05. The molecule has 37 heavy (non-hydrogen) atoms. The zero-order valence-electron chi connectivity index (χ0n) is 21.9. The van der Waals surface area contributed by atoms with Crippen LogP contribution in [0.25, 0.3) is 11.0 Å². The van der Waals surface area contributed by atoms with Gasteiger partial charge in [0.1, 0.15) is 5.75 Å². The van der Waals surface area contributed by atoms with Gasteiger partial charge < -0.3 is 19.4 Å². The van der Waals surface area contributed by atoms with Crippen LogP contribution in [0.5, 0.6) is 5.75 Å². The van der Waals surface area contributed by atoms with Crippen LogP contribution in [-0.2, 0) is 16.0 Å². The van der Waals surface area contributed by atoms with Crippen molar-refractivity contribution in [3.8, 4) is 5.75 Å². The number of benzene rings is 2. The summed E-state index contributed by atoms with van der Waals surface area (Å²) < 4.78 is 48.7. The smallest absolute Gasteiger partial charge is 0.469 e. The second-order valence-electron chi connectivity index (χ2n) is 10.9. The summed E-state index contributed by atoms with van der Waals surface area (Å²) in [7, 11) is 1.38. The molecule has 0 spiro atoms. The summed E-state index contributed by atoms with van der Waals surface area (Å²) in [6, 6.07) is 10.0. The third-order valence-corrected chi connectivity index (χ3v) is 7.05. The molecular formula is C28H34F3N3O3. The molecule has 1 aromatic heterocycles. The Kier molecular flexibility index (Phi) is 7.44. The molecular weight excluding hydrogens is 483 g/mol. The summed E-state index contributed by atoms with van der Waals surface area (Å²) in [4.78, 5) is 16.6. The minimum Gasteiger partial charge on any atom is -0.469 e. The molecule has 4 rings (SSSR count). The number of hydrogen-bond acceptors (Lipinski definition) is 5. The Morgan fingerprint density at radius 1 is 1.19 bits per heavy atom. The van der Waals surface area contributed by atoms with Crippen molar-refractivity contribution >= 4 is 28.6 Å². The van der Waals surface area contributed by atoms with Gasteiger partial charge in [0, 0.05) is 18.2 Å². The summed E-state index contributed by atoms with van der Waals surface area (Å²) in [5, 5.41) is 3.33. The van der Waals surface area contributed by atoms with Crippen LogP contribution in [0.1, 0.15) is 63.6 Å². The lowest BCUT2D eigenvalue weighted by Gasteiger charge is -2.40. The summed E-state index contributed by atoms with van der Waals surface area (Å²) in [5.41, 5.74) is 4.68. The average molecular weight is 518 g/mol. The number of aryl methyl sites for hydroxylation is 2. The summed E-state index contributed by atoms with van der Waals surface area (Å²) in [5.74, 6) is 0.640. The molecule has 0 amide bonds. The summed E-state index contributed by atoms with van der Waals surface area (Å²) in [6.07, 6.45) is -0.759. The quantitative estimate of drug-likeness (QED) is 0.329. The van der Waals surface area contributed by atoms with E-state index in [0.29, 0.717) is 24.0 Å². The highest BCUT2D eigenvalue weighted by atomic mass is 19.4. The highest BCUT2D eigenvalue weighted by Gasteiger charge is 2.35. The van der Waals surface area contributed by atoms with E-state index in [-0.39, 0.29) is 29.6 Å². The van der Waals surface area contributed by atoms with E-state index in [1.54, 1.807) is 12.1 Å². The van der Waals surface area contributed by atoms with Crippen molar-refractivity contribution in [3.63, 3.8) is 0 Å². The number of esters is 1. The fraction of sp³-hybridized carbons (Fsp3) is 0.500. The molecule has 200 valence electrons. The van der Waals surface area contributed by atoms with Gasteiger partial charge in [0.15, 0.2) is 0 Å². The number of nitrogens with one attached hydrogen (secondary N) is 1. The fourth-order valence-electron chi connectivity index (χ4n) is 5.72. The van der Waals surface area contributed by atoms with Crippen molar-refractivity contribution in [1.82, 2.24) is 9.55 Å². The van der Waals surface area contributed by atoms with E-state index in [2.05, 4.69) is 41.5 Å². The number of carbonyl (C=O) groups excluding carboxylic acids is 1. The Hall–Kier alpha value is -3.23. The molecule has 0 unspecified atom stereocenters. The molecule has 2 atom stereocenters. The van der Waals surface area contributed by atoms with Crippen LogP contribution < -0.4 is 10.1 Å². The molecule has 1 aliphatic carbocycles. The predicted octanol–water partition coefficient (Wildman–Crippen LogP) is 7.48. The normalized spacial score (nSPS) is 19.6. The van der Waals surface area contributed by atoms with E-state index >= 15 is 0 Å². The number of halogens is 3. The first-order valence-electron chi connectivity index (χ1n) is 12.5. The number of methoxy groups -OCH3 is 1. The molecule has 1 aliphatic rings. The van der Waals surface area contributed by atoms with Crippen molar-refractivity contribution in [3.05, 3.63) is 47.5 Å². The van der Waals surface area contributed by atoms with Crippen LogP contribution in [0.4, 0.5) is 24.8 Å². The minimum absolute atomic E-state index is 0.169. The van der Waals surface area contributed by atoms with Gasteiger partial charge in [0.25, 0.3) is 0 Å². The van der Waals surface area contributed by atoms with Crippen LogP contribution >= 0.6 is 0 Å². The van der Waals surface area contributed by atoms with Crippen molar-refractivity contribution < 1.29 is 27.4 Å². The zero-order chi connectivity index (χ0) is 27.0. The largest absolute Gasteiger partial charge is 0.573 e. The number of hydrogen-bond donors (Lipinski definition) is 1. The van der Waals surface area contributed by atoms with E-state index in [9.17, 15) is 18.0 Å². The lowest BCUT2D eigenvalue weighted by molar-refractivity contribution is -0.274. The monoisotopic (exact) mass is 517 g/mol. The highest BCUT2D eigenvalue weighted by Crippen LogP contribution is 2.46. The van der Waals surface area contributed by atoms with Crippen LogP contribution in [0.15, 0.2) is 36.4 Å². The van der Waals surface area contributed by atoms with Gasteiger partial charge in [-0.1, -0.05) is 20.8 Å². The molecule has 0 radical (unpaired) electrons. The number of aromatic nitrogens is 2. The first-order chi connectivity index (χ1) is 17.3. The molecule has 9 heteroatoms. The van der Waals surface area contributed by atoms with Gasteiger partial charge in [0.2, 0.25) is 5.95 Å². The Labute approximate surface area is 215 Å². The van der Waals surface area contributed by atoms with E-state index in [4.69, 9.17) is 9.72 Å². The molecule has 1 N–H and O–H groups in total. The van der Waals surface area contributed by atoms with Gasteiger partial charge in [-0.05, 0) is 91.5 Å². The van der Waals surface area contributed by atoms with E-state index in [1.165, 1.54) is 19.2 Å². The molecule has 3 aromatic rings. The second-order valence-corrected chi connectivity index (χ2v) is 10.9. The number of fused-ring (bicyclic) bond motifs is 1. The maximum Gasteiger partial charge on any atom is 0.573 e. The third kappa shape index (κ3) is 6.56. The second kappa shape index (κ2) is 10.3. The van der Waals surface area contributed by atoms with Crippen molar-refractivity contribution in [2.75, 3.05) is 12.4 Å². The number of nitrogens with zero attached hydrogens (tertiary/aromatic N) is 2. The molecule has 0 bridgehead atoms. The summed E-state index contributed by atoms with van der Waals surface area (Å²) >= 11 is 0. The van der Waals surface area contributed by atoms with Gasteiger partial charge in [0.05, 0.1) is 18.1 Å². The van der Waals surface area contributed by atoms with Crippen LogP contribution in [0, 0.1) is 18.3 Å². The number of anilines is 2. The van der Waals surface area contributed by atoms with Gasteiger partial charge in [-0.25, -0.2) is 4.98 Å². The van der Waals surface area contributed by atoms with Gasteiger partial charge in [-0.15, -0.1) is 13.2 Å². The number of rotatable bonds is 7. The molecule has 6 nitrogen and oxygen atoms in total. The van der Waals surface area contributed by atoms with E-state index in [0.717, 1.165) is 41.4 Å². The van der Waals surface area contributed by atoms with Crippen molar-refractivity contribution in [1.29, 1.82) is 0 Å². The highest BCUT2D eigenvalue weighted by molar-refractivity contribution is 5.82. The number of ether oxygens (including phenoxy) is 2. The molecule has 1 fully saturated rings. The number of alkyl halides is 3. The summed E-state index contributed by atoms with van der Waals surface area (Å²) in [6.45, 7) is 8.88. The van der Waals surface area contributed by atoms with Crippen LogP contribution in [-0.4, -0.2) is 29.0 Å². The van der Waals surface area contributed by atoms with Crippen molar-refractivity contribution in [2.24, 2.45) is 11.3 Å². The Morgan fingerprint density at radius 2 is 1.89 bits per heavy atom. The average Bonchev–Trinajstić information content (AvgIpc) is 3.12. The Balaban J connectivity index is 1.73.